The molecule has 16 heavy (non-hydrogen) atoms. The first kappa shape index (κ1) is 11.3. The van der Waals surface area contributed by atoms with E-state index in [2.05, 4.69) is 10.3 Å². The van der Waals surface area contributed by atoms with Crippen molar-refractivity contribution in [2.24, 2.45) is 5.73 Å². The molecule has 0 spiro atoms. The summed E-state index contributed by atoms with van der Waals surface area (Å²) >= 11 is 1.07. The highest BCUT2D eigenvalue weighted by atomic mass is 32.1. The predicted octanol–water partition coefficient (Wildman–Crippen LogP) is -0.830. The number of thiazole rings is 1. The van der Waals surface area contributed by atoms with Crippen LogP contribution in [0.5, 0.6) is 0 Å². The van der Waals surface area contributed by atoms with Gasteiger partial charge in [-0.25, -0.2) is 0 Å². The first-order chi connectivity index (χ1) is 7.60. The molecule has 0 aromatic carbocycles. The number of rotatable bonds is 3. The van der Waals surface area contributed by atoms with Gasteiger partial charge in [0.1, 0.15) is 5.54 Å². The maximum atomic E-state index is 11.7. The number of aromatic nitrogens is 1. The summed E-state index contributed by atoms with van der Waals surface area (Å²) in [4.78, 5) is 25.1. The Morgan fingerprint density at radius 1 is 1.75 bits per heavy atom. The maximum absolute atomic E-state index is 11.7. The van der Waals surface area contributed by atoms with Crippen molar-refractivity contribution in [3.8, 4) is 0 Å². The van der Waals surface area contributed by atoms with Gasteiger partial charge < -0.3 is 20.8 Å². The van der Waals surface area contributed by atoms with Crippen molar-refractivity contribution in [3.63, 3.8) is 0 Å². The van der Waals surface area contributed by atoms with Crippen LogP contribution in [0.1, 0.15) is 12.1 Å². The molecule has 6 nitrogen and oxygen atoms in total. The van der Waals surface area contributed by atoms with Crippen LogP contribution in [0.2, 0.25) is 0 Å². The zero-order valence-electron chi connectivity index (χ0n) is 8.62. The number of H-pyrrole nitrogens is 1. The predicted molar refractivity (Wildman–Crippen MR) is 59.1 cm³/mol. The number of aromatic amines is 1. The monoisotopic (exact) mass is 243 g/mol. The Kier molecular flexibility index (Phi) is 3.08. The third kappa shape index (κ3) is 2.31. The summed E-state index contributed by atoms with van der Waals surface area (Å²) in [6, 6.07) is 0. The van der Waals surface area contributed by atoms with Crippen molar-refractivity contribution in [2.45, 2.75) is 18.5 Å². The van der Waals surface area contributed by atoms with E-state index in [1.54, 1.807) is 5.38 Å². The molecule has 0 bridgehead atoms. The van der Waals surface area contributed by atoms with Gasteiger partial charge in [0.05, 0.1) is 13.2 Å². The Hall–Kier alpha value is -1.18. The van der Waals surface area contributed by atoms with Crippen LogP contribution < -0.4 is 15.9 Å². The van der Waals surface area contributed by atoms with Gasteiger partial charge in [0.15, 0.2) is 0 Å². The van der Waals surface area contributed by atoms with Gasteiger partial charge in [0, 0.05) is 17.7 Å². The second-order valence-corrected chi connectivity index (χ2v) is 4.66. The Bertz CT molecular complexity index is 433. The summed E-state index contributed by atoms with van der Waals surface area (Å²) in [6.07, 6.45) is 0.527. The fourth-order valence-corrected chi connectivity index (χ4v) is 2.09. The third-order valence-electron chi connectivity index (χ3n) is 2.51. The second kappa shape index (κ2) is 4.36. The Labute approximate surface area is 95.8 Å². The van der Waals surface area contributed by atoms with Gasteiger partial charge >= 0.3 is 4.87 Å². The highest BCUT2D eigenvalue weighted by Crippen LogP contribution is 2.15. The average Bonchev–Trinajstić information content (AvgIpc) is 2.85. The fraction of sp³-hybridized carbons (Fsp3) is 0.556. The van der Waals surface area contributed by atoms with Gasteiger partial charge in [-0.3, -0.25) is 9.59 Å². The molecular weight excluding hydrogens is 230 g/mol. The summed E-state index contributed by atoms with van der Waals surface area (Å²) in [6.45, 7) is 1.05. The number of ether oxygens (including phenoxy) is 1. The number of carbonyl (C=O) groups is 1. The molecule has 4 N–H and O–H groups in total. The molecule has 1 atom stereocenters. The van der Waals surface area contributed by atoms with Gasteiger partial charge in [-0.15, -0.1) is 0 Å². The van der Waals surface area contributed by atoms with E-state index in [4.69, 9.17) is 10.5 Å². The van der Waals surface area contributed by atoms with E-state index in [0.29, 0.717) is 18.7 Å². The summed E-state index contributed by atoms with van der Waals surface area (Å²) in [7, 11) is 0. The molecule has 1 saturated heterocycles. The number of carbonyl (C=O) groups excluding carboxylic acids is 1. The second-order valence-electron chi connectivity index (χ2n) is 3.81. The van der Waals surface area contributed by atoms with Crippen LogP contribution in [0, 0.1) is 0 Å². The van der Waals surface area contributed by atoms with Gasteiger partial charge in [-0.2, -0.15) is 0 Å². The van der Waals surface area contributed by atoms with Crippen LogP contribution in [-0.4, -0.2) is 29.6 Å². The number of nitrogens with two attached hydrogens (primary N) is 1. The minimum Gasteiger partial charge on any atom is -0.379 e. The molecule has 0 radical (unpaired) electrons. The Morgan fingerprint density at radius 3 is 3.12 bits per heavy atom. The first-order valence-corrected chi connectivity index (χ1v) is 5.80. The summed E-state index contributed by atoms with van der Waals surface area (Å²) in [5.41, 5.74) is 5.63. The van der Waals surface area contributed by atoms with Crippen LogP contribution in [0.25, 0.3) is 0 Å². The summed E-state index contributed by atoms with van der Waals surface area (Å²) in [5.74, 6) is -0.239. The van der Waals surface area contributed by atoms with E-state index in [9.17, 15) is 9.59 Å². The minimum absolute atomic E-state index is 0.129. The molecule has 88 valence electrons. The minimum atomic E-state index is -0.920. The smallest absolute Gasteiger partial charge is 0.304 e. The normalized spacial score (nSPS) is 24.6. The Morgan fingerprint density at radius 2 is 2.56 bits per heavy atom. The van der Waals surface area contributed by atoms with E-state index < -0.39 is 5.54 Å². The van der Waals surface area contributed by atoms with Crippen LogP contribution >= 0.6 is 11.3 Å². The van der Waals surface area contributed by atoms with Gasteiger partial charge in [0.2, 0.25) is 5.91 Å². The van der Waals surface area contributed by atoms with Crippen molar-refractivity contribution in [1.29, 1.82) is 0 Å². The van der Waals surface area contributed by atoms with Crippen molar-refractivity contribution in [2.75, 3.05) is 13.2 Å². The van der Waals surface area contributed by atoms with E-state index in [-0.39, 0.29) is 23.9 Å². The molecule has 1 aromatic heterocycles. The number of hydrogen-bond acceptors (Lipinski definition) is 5. The van der Waals surface area contributed by atoms with Crippen molar-refractivity contribution in [1.82, 2.24) is 10.3 Å². The number of hydrogen-bond donors (Lipinski definition) is 3. The van der Waals surface area contributed by atoms with E-state index >= 15 is 0 Å². The van der Waals surface area contributed by atoms with Gasteiger partial charge in [-0.05, 0) is 6.42 Å². The van der Waals surface area contributed by atoms with Crippen LogP contribution in [0.3, 0.4) is 0 Å². The standard InChI is InChI=1S/C9H13N3O3S/c10-9(1-2-15-5-9)7(13)11-3-6-4-16-8(14)12-6/h4H,1-3,5,10H2,(H,11,13)(H,12,14). The van der Waals surface area contributed by atoms with Gasteiger partial charge in [-0.1, -0.05) is 11.3 Å². The van der Waals surface area contributed by atoms with Crippen molar-refractivity contribution >= 4 is 17.2 Å². The van der Waals surface area contributed by atoms with E-state index in [1.807, 2.05) is 0 Å². The third-order valence-corrected chi connectivity index (χ3v) is 3.23. The van der Waals surface area contributed by atoms with E-state index in [1.165, 1.54) is 0 Å². The largest absolute Gasteiger partial charge is 0.379 e. The molecular formula is C9H13N3O3S. The van der Waals surface area contributed by atoms with E-state index in [0.717, 1.165) is 11.3 Å². The lowest BCUT2D eigenvalue weighted by molar-refractivity contribution is -0.126. The average molecular weight is 243 g/mol. The summed E-state index contributed by atoms with van der Waals surface area (Å²) in [5, 5.41) is 4.36. The highest BCUT2D eigenvalue weighted by molar-refractivity contribution is 7.07. The number of nitrogens with one attached hydrogen (secondary N) is 2. The lowest BCUT2D eigenvalue weighted by Gasteiger charge is -2.20. The highest BCUT2D eigenvalue weighted by Gasteiger charge is 2.37. The van der Waals surface area contributed by atoms with Crippen molar-refractivity contribution in [3.05, 3.63) is 20.7 Å². The SMILES string of the molecule is NC1(C(=O)NCc2csc(=O)[nH]2)CCOC1. The quantitative estimate of drug-likeness (QED) is 0.645. The molecule has 1 fully saturated rings. The number of amides is 1. The van der Waals surface area contributed by atoms with Crippen molar-refractivity contribution < 1.29 is 9.53 Å². The molecule has 1 aliphatic heterocycles. The lowest BCUT2D eigenvalue weighted by Crippen LogP contribution is -2.54. The molecule has 0 saturated carbocycles. The van der Waals surface area contributed by atoms with Crippen LogP contribution in [0.4, 0.5) is 0 Å². The molecule has 1 amide bonds. The molecule has 0 aliphatic carbocycles. The zero-order valence-corrected chi connectivity index (χ0v) is 9.43. The molecule has 7 heteroatoms. The zero-order chi connectivity index (χ0) is 11.6. The molecule has 2 heterocycles. The molecule has 1 aliphatic rings. The van der Waals surface area contributed by atoms with Crippen LogP contribution in [-0.2, 0) is 16.1 Å². The molecule has 2 rings (SSSR count). The maximum Gasteiger partial charge on any atom is 0.304 e. The first-order valence-electron chi connectivity index (χ1n) is 4.92. The Balaban J connectivity index is 1.90. The topological polar surface area (TPSA) is 97.2 Å². The van der Waals surface area contributed by atoms with Crippen LogP contribution in [0.15, 0.2) is 10.2 Å². The van der Waals surface area contributed by atoms with Gasteiger partial charge in [0.25, 0.3) is 0 Å². The molecule has 1 unspecified atom stereocenters. The lowest BCUT2D eigenvalue weighted by atomic mass is 9.99. The summed E-state index contributed by atoms with van der Waals surface area (Å²) < 4.78 is 5.10. The fourth-order valence-electron chi connectivity index (χ4n) is 1.51. The molecule has 1 aromatic rings.